The van der Waals surface area contributed by atoms with E-state index in [0.717, 1.165) is 23.4 Å². The Labute approximate surface area is 387 Å². The lowest BCUT2D eigenvalue weighted by molar-refractivity contribution is 0.585. The molecule has 66 heavy (non-hydrogen) atoms. The lowest BCUT2D eigenvalue weighted by atomic mass is 9.77. The molecule has 12 rings (SSSR count). The Balaban J connectivity index is 1.09. The number of nitrogens with zero attached hydrogens (tertiary/aromatic N) is 2. The molecule has 9 aromatic rings. The topological polar surface area (TPSA) is 8.17 Å². The minimum atomic E-state index is -0.0847. The lowest BCUT2D eigenvalue weighted by Gasteiger charge is -2.37. The van der Waals surface area contributed by atoms with Gasteiger partial charge in [-0.1, -0.05) is 190 Å². The standard InChI is InChI=1S/C64H50N2/c1-5-18-43(19-6-2)62(44-21-8-7-9-22-44)63-55-27-13-12-24-50(55)51-35-32-47(40-57(51)63)65(49-33-36-53-52-25-14-16-28-58(52)64(3,4)59(53)41-49)48-34-37-61-56(39-48)54-26-15-17-29-60(54)66(61)46-31-30-42-20-10-11-23-45(42)38-46/h5-40,49H,1,41H2,2-4H3/b19-6-,43-18+,63-62-. The van der Waals surface area contributed by atoms with Crippen molar-refractivity contribution in [1.82, 2.24) is 4.57 Å². The Morgan fingerprint density at radius 1 is 0.621 bits per heavy atom. The Morgan fingerprint density at radius 2 is 1.30 bits per heavy atom. The number of benzene rings is 8. The van der Waals surface area contributed by atoms with Crippen molar-refractivity contribution in [2.24, 2.45) is 0 Å². The molecule has 1 unspecified atom stereocenters. The Kier molecular flexibility index (Phi) is 9.40. The third-order valence-electron chi connectivity index (χ3n) is 14.4. The highest BCUT2D eigenvalue weighted by Crippen LogP contribution is 2.54. The van der Waals surface area contributed by atoms with Gasteiger partial charge < -0.3 is 9.47 Å². The van der Waals surface area contributed by atoms with Gasteiger partial charge in [0, 0.05) is 33.2 Å². The molecule has 1 atom stereocenters. The maximum absolute atomic E-state index is 4.16. The van der Waals surface area contributed by atoms with E-state index in [-0.39, 0.29) is 11.5 Å². The summed E-state index contributed by atoms with van der Waals surface area (Å²) in [5.74, 6) is 0. The van der Waals surface area contributed by atoms with Crippen LogP contribution < -0.4 is 4.90 Å². The molecular weight excluding hydrogens is 797 g/mol. The van der Waals surface area contributed by atoms with Crippen molar-refractivity contribution in [2.75, 3.05) is 4.90 Å². The molecule has 0 spiro atoms. The molecule has 316 valence electrons. The first-order valence-electron chi connectivity index (χ1n) is 23.3. The summed E-state index contributed by atoms with van der Waals surface area (Å²) in [6.45, 7) is 11.1. The first kappa shape index (κ1) is 39.6. The first-order valence-corrected chi connectivity index (χ1v) is 23.3. The van der Waals surface area contributed by atoms with E-state index in [0.29, 0.717) is 0 Å². The van der Waals surface area contributed by atoms with E-state index in [1.54, 1.807) is 0 Å². The molecule has 0 amide bonds. The van der Waals surface area contributed by atoms with Crippen LogP contribution in [0.25, 0.3) is 66.1 Å². The smallest absolute Gasteiger partial charge is 0.0563 e. The zero-order valence-electron chi connectivity index (χ0n) is 37.7. The van der Waals surface area contributed by atoms with Crippen LogP contribution in [0.2, 0.25) is 0 Å². The third-order valence-corrected chi connectivity index (χ3v) is 14.4. The molecule has 3 aliphatic rings. The molecule has 1 aromatic heterocycles. The van der Waals surface area contributed by atoms with Gasteiger partial charge in [0.05, 0.1) is 17.1 Å². The van der Waals surface area contributed by atoms with Crippen LogP contribution in [0.3, 0.4) is 0 Å². The maximum atomic E-state index is 4.16. The summed E-state index contributed by atoms with van der Waals surface area (Å²) in [6, 6.07) is 67.6. The Morgan fingerprint density at radius 3 is 2.14 bits per heavy atom. The first-order chi connectivity index (χ1) is 32.4. The number of para-hydroxylation sites is 1. The fraction of sp³-hybridized carbons (Fsp3) is 0.0938. The van der Waals surface area contributed by atoms with E-state index in [4.69, 9.17) is 0 Å². The monoisotopic (exact) mass is 846 g/mol. The number of hydrogen-bond donors (Lipinski definition) is 0. The van der Waals surface area contributed by atoms with E-state index >= 15 is 0 Å². The van der Waals surface area contributed by atoms with Crippen LogP contribution in [0.1, 0.15) is 55.0 Å². The number of hydrogen-bond acceptors (Lipinski definition) is 1. The maximum Gasteiger partial charge on any atom is 0.0563 e. The van der Waals surface area contributed by atoms with Crippen molar-refractivity contribution in [2.45, 2.75) is 38.6 Å². The molecule has 3 aliphatic carbocycles. The summed E-state index contributed by atoms with van der Waals surface area (Å²) in [7, 11) is 0. The summed E-state index contributed by atoms with van der Waals surface area (Å²) >= 11 is 0. The second-order valence-electron chi connectivity index (χ2n) is 18.4. The Bertz CT molecular complexity index is 3620. The van der Waals surface area contributed by atoms with Crippen molar-refractivity contribution in [3.05, 3.63) is 264 Å². The molecular formula is C64H50N2. The van der Waals surface area contributed by atoms with Gasteiger partial charge in [0.2, 0.25) is 0 Å². The van der Waals surface area contributed by atoms with Crippen molar-refractivity contribution in [3.63, 3.8) is 0 Å². The fourth-order valence-corrected chi connectivity index (χ4v) is 11.4. The summed E-state index contributed by atoms with van der Waals surface area (Å²) in [5.41, 5.74) is 21.2. The van der Waals surface area contributed by atoms with Crippen LogP contribution in [0.4, 0.5) is 11.4 Å². The van der Waals surface area contributed by atoms with E-state index in [1.807, 2.05) is 6.08 Å². The van der Waals surface area contributed by atoms with Crippen LogP contribution in [0.15, 0.2) is 236 Å². The van der Waals surface area contributed by atoms with Gasteiger partial charge in [-0.05, 0) is 139 Å². The predicted octanol–water partition coefficient (Wildman–Crippen LogP) is 16.8. The lowest BCUT2D eigenvalue weighted by Crippen LogP contribution is -2.33. The van der Waals surface area contributed by atoms with Crippen LogP contribution in [0.5, 0.6) is 0 Å². The summed E-state index contributed by atoms with van der Waals surface area (Å²) < 4.78 is 2.44. The molecule has 0 aliphatic heterocycles. The van der Waals surface area contributed by atoms with Crippen molar-refractivity contribution >= 4 is 60.7 Å². The zero-order valence-corrected chi connectivity index (χ0v) is 37.7. The normalized spacial score (nSPS) is 16.8. The zero-order chi connectivity index (χ0) is 44.5. The Hall–Kier alpha value is -7.94. The van der Waals surface area contributed by atoms with Crippen molar-refractivity contribution < 1.29 is 0 Å². The van der Waals surface area contributed by atoms with Gasteiger partial charge in [-0.25, -0.2) is 0 Å². The fourth-order valence-electron chi connectivity index (χ4n) is 11.4. The minimum absolute atomic E-state index is 0.0609. The molecule has 0 fully saturated rings. The number of allylic oxidation sites excluding steroid dienone is 8. The molecule has 2 heteroatoms. The van der Waals surface area contributed by atoms with E-state index in [9.17, 15) is 0 Å². The van der Waals surface area contributed by atoms with E-state index in [2.05, 4.69) is 249 Å². The summed E-state index contributed by atoms with van der Waals surface area (Å²) in [4.78, 5) is 2.62. The second-order valence-corrected chi connectivity index (χ2v) is 18.4. The van der Waals surface area contributed by atoms with Gasteiger partial charge in [0.25, 0.3) is 0 Å². The number of fused-ring (bicyclic) bond motifs is 9. The van der Waals surface area contributed by atoms with Gasteiger partial charge in [-0.3, -0.25) is 0 Å². The molecule has 0 saturated carbocycles. The molecule has 8 aromatic carbocycles. The van der Waals surface area contributed by atoms with Crippen molar-refractivity contribution in [1.29, 1.82) is 0 Å². The molecule has 0 radical (unpaired) electrons. The second kappa shape index (κ2) is 15.6. The van der Waals surface area contributed by atoms with Gasteiger partial charge >= 0.3 is 0 Å². The number of rotatable bonds is 8. The van der Waals surface area contributed by atoms with Gasteiger partial charge in [-0.2, -0.15) is 0 Å². The summed E-state index contributed by atoms with van der Waals surface area (Å²) in [5, 5.41) is 4.96. The van der Waals surface area contributed by atoms with Crippen LogP contribution in [-0.2, 0) is 5.41 Å². The van der Waals surface area contributed by atoms with Crippen molar-refractivity contribution in [3.8, 4) is 16.8 Å². The highest BCUT2D eigenvalue weighted by atomic mass is 15.2. The molecule has 2 nitrogen and oxygen atoms in total. The molecule has 0 bridgehead atoms. The van der Waals surface area contributed by atoms with Crippen LogP contribution >= 0.6 is 0 Å². The SMILES string of the molecule is C=C/C=C(\C=C/C)C(=C1\c2ccccc2-c2ccc(N(c3ccc4c(c3)c3ccccc3n4-c3ccc4ccccc4c3)C3C=CC4=C(C3)C(C)(C)c3ccccc34)cc21)/c1ccccc1. The summed E-state index contributed by atoms with van der Waals surface area (Å²) in [6.07, 6.45) is 14.2. The number of aromatic nitrogens is 1. The average molecular weight is 847 g/mol. The van der Waals surface area contributed by atoms with Crippen LogP contribution in [0, 0.1) is 0 Å². The molecule has 0 saturated heterocycles. The number of anilines is 2. The van der Waals surface area contributed by atoms with Gasteiger partial charge in [0.15, 0.2) is 0 Å². The minimum Gasteiger partial charge on any atom is -0.334 e. The predicted molar refractivity (Wildman–Crippen MR) is 282 cm³/mol. The third kappa shape index (κ3) is 6.16. The largest absolute Gasteiger partial charge is 0.334 e. The van der Waals surface area contributed by atoms with Crippen LogP contribution in [-0.4, -0.2) is 10.6 Å². The van der Waals surface area contributed by atoms with Gasteiger partial charge in [-0.15, -0.1) is 0 Å². The quantitative estimate of drug-likeness (QED) is 0.138. The van der Waals surface area contributed by atoms with E-state index < -0.39 is 0 Å². The van der Waals surface area contributed by atoms with E-state index in [1.165, 1.54) is 99.5 Å². The molecule has 1 heterocycles. The average Bonchev–Trinajstić information content (AvgIpc) is 3.94. The van der Waals surface area contributed by atoms with Gasteiger partial charge in [0.1, 0.15) is 0 Å². The highest BCUT2D eigenvalue weighted by Gasteiger charge is 2.40. The highest BCUT2D eigenvalue weighted by molar-refractivity contribution is 6.15. The molecule has 0 N–H and O–H groups in total.